The number of unbranched alkanes of at least 4 members (excludes halogenated alkanes) is 1. The second-order valence-corrected chi connectivity index (χ2v) is 18.7. The van der Waals surface area contributed by atoms with Crippen LogP contribution in [-0.4, -0.2) is 18.4 Å². The van der Waals surface area contributed by atoms with E-state index in [0.29, 0.717) is 0 Å². The van der Waals surface area contributed by atoms with E-state index in [4.69, 9.17) is 0 Å². The van der Waals surface area contributed by atoms with Crippen molar-refractivity contribution in [3.63, 3.8) is 0 Å². The predicted molar refractivity (Wildman–Crippen MR) is 50.2 cm³/mol. The van der Waals surface area contributed by atoms with Crippen molar-refractivity contribution in [2.45, 2.75) is 50.9 Å². The Kier molecular flexibility index (Phi) is 3.54. The van der Waals surface area contributed by atoms with Crippen LogP contribution in [0.25, 0.3) is 0 Å². The van der Waals surface area contributed by atoms with Crippen LogP contribution in [0, 0.1) is 0 Å². The van der Waals surface area contributed by atoms with E-state index in [1.54, 1.807) is 26.2 Å². The molecule has 0 spiro atoms. The van der Waals surface area contributed by atoms with Gasteiger partial charge in [0.25, 0.3) is 0 Å². The Labute approximate surface area is 69.3 Å². The van der Waals surface area contributed by atoms with Gasteiger partial charge >= 0.3 is 69.2 Å². The number of hydrogen-bond donors (Lipinski definition) is 0. The Morgan fingerprint density at radius 3 is 2.30 bits per heavy atom. The molecule has 0 aromatic rings. The molecule has 1 saturated heterocycles. The fourth-order valence-electron chi connectivity index (χ4n) is 2.08. The molecule has 0 radical (unpaired) electrons. The van der Waals surface area contributed by atoms with Crippen molar-refractivity contribution in [3.05, 3.63) is 0 Å². The van der Waals surface area contributed by atoms with Crippen LogP contribution in [0.1, 0.15) is 32.6 Å². The normalized spacial score (nSPS) is 23.4. The van der Waals surface area contributed by atoms with Gasteiger partial charge in [0.15, 0.2) is 0 Å². The molecule has 1 aliphatic heterocycles. The molecule has 0 aliphatic carbocycles. The summed E-state index contributed by atoms with van der Waals surface area (Å²) < 4.78 is 5.09. The minimum absolute atomic E-state index is 1.30. The Hall–Kier alpha value is 0.799. The Morgan fingerprint density at radius 2 is 1.80 bits per heavy atom. The molecule has 60 valence electrons. The average molecular weight is 247 g/mol. The predicted octanol–water partition coefficient (Wildman–Crippen LogP) is 3.66. The van der Waals surface area contributed by atoms with Crippen molar-refractivity contribution >= 4 is 18.4 Å². The van der Waals surface area contributed by atoms with E-state index in [2.05, 4.69) is 11.9 Å². The van der Waals surface area contributed by atoms with E-state index >= 15 is 0 Å². The van der Waals surface area contributed by atoms with Crippen LogP contribution in [0.3, 0.4) is 0 Å². The summed E-state index contributed by atoms with van der Waals surface area (Å²) in [6.07, 6.45) is 6.12. The molecule has 0 amide bonds. The van der Waals surface area contributed by atoms with Gasteiger partial charge in [-0.3, -0.25) is 0 Å². The van der Waals surface area contributed by atoms with Gasteiger partial charge in [0.1, 0.15) is 0 Å². The molecule has 0 atom stereocenters. The topological polar surface area (TPSA) is 0 Å². The van der Waals surface area contributed by atoms with E-state index in [1.165, 1.54) is 12.8 Å². The van der Waals surface area contributed by atoms with Crippen molar-refractivity contribution in [3.8, 4) is 0 Å². The third kappa shape index (κ3) is 2.44. The first kappa shape index (κ1) is 8.89. The Balaban J connectivity index is 2.22. The zero-order valence-electron chi connectivity index (χ0n) is 7.45. The monoisotopic (exact) mass is 248 g/mol. The summed E-state index contributed by atoms with van der Waals surface area (Å²) in [5.74, 6) is 0. The van der Waals surface area contributed by atoms with E-state index in [1.807, 2.05) is 0 Å². The van der Waals surface area contributed by atoms with Crippen molar-refractivity contribution < 1.29 is 0 Å². The average Bonchev–Trinajstić information content (AvgIpc) is 2.33. The van der Waals surface area contributed by atoms with E-state index in [9.17, 15) is 0 Å². The Morgan fingerprint density at radius 1 is 1.20 bits per heavy atom. The van der Waals surface area contributed by atoms with E-state index in [0.717, 1.165) is 0 Å². The molecular weight excluding hydrogens is 227 g/mol. The molecule has 1 fully saturated rings. The van der Waals surface area contributed by atoms with E-state index < -0.39 is 18.4 Å². The molecule has 0 aromatic heterocycles. The summed E-state index contributed by atoms with van der Waals surface area (Å²) in [5.41, 5.74) is 0. The van der Waals surface area contributed by atoms with Crippen LogP contribution < -0.4 is 0 Å². The first-order chi connectivity index (χ1) is 4.77. The van der Waals surface area contributed by atoms with Gasteiger partial charge < -0.3 is 0 Å². The standard InChI is InChI=1S/C4H9.C4H8.CH3.Sn/c2*1-3-4-2;;/h1,3-4H2,2H3;1-4H2;1H3;. The molecule has 0 bridgehead atoms. The molecule has 0 unspecified atom stereocenters. The second kappa shape index (κ2) is 3.98. The Bertz CT molecular complexity index is 92.9. The molecular formula is C9H20Sn. The SMILES string of the molecule is CCC[CH2][Sn]1([CH3])[CH2]CC[CH2]1. The summed E-state index contributed by atoms with van der Waals surface area (Å²) in [4.78, 5) is 2.68. The summed E-state index contributed by atoms with van der Waals surface area (Å²) in [7, 11) is 0. The zero-order chi connectivity index (χ0) is 7.45. The third-order valence-electron chi connectivity index (χ3n) is 2.94. The van der Waals surface area contributed by atoms with E-state index in [-0.39, 0.29) is 0 Å². The third-order valence-corrected chi connectivity index (χ3v) is 16.3. The van der Waals surface area contributed by atoms with Gasteiger partial charge in [-0.05, 0) is 0 Å². The molecule has 10 heavy (non-hydrogen) atoms. The second-order valence-electron chi connectivity index (χ2n) is 4.12. The van der Waals surface area contributed by atoms with Crippen LogP contribution in [0.15, 0.2) is 0 Å². The van der Waals surface area contributed by atoms with Gasteiger partial charge in [-0.25, -0.2) is 0 Å². The van der Waals surface area contributed by atoms with Crippen LogP contribution >= 0.6 is 0 Å². The van der Waals surface area contributed by atoms with Gasteiger partial charge in [0.2, 0.25) is 0 Å². The van der Waals surface area contributed by atoms with Gasteiger partial charge in [-0.2, -0.15) is 0 Å². The zero-order valence-corrected chi connectivity index (χ0v) is 10.3. The molecule has 1 rings (SSSR count). The molecule has 1 aliphatic rings. The van der Waals surface area contributed by atoms with Gasteiger partial charge in [-0.1, -0.05) is 0 Å². The molecule has 0 nitrogen and oxygen atoms in total. The maximum atomic E-state index is 2.68. The summed E-state index contributed by atoms with van der Waals surface area (Å²) in [5, 5.41) is 0. The van der Waals surface area contributed by atoms with Crippen LogP contribution in [0.4, 0.5) is 0 Å². The molecule has 1 heteroatoms. The first-order valence-corrected chi connectivity index (χ1v) is 13.7. The quantitative estimate of drug-likeness (QED) is 0.667. The van der Waals surface area contributed by atoms with Gasteiger partial charge in [-0.15, -0.1) is 0 Å². The molecule has 0 N–H and O–H groups in total. The van der Waals surface area contributed by atoms with Crippen molar-refractivity contribution in [1.29, 1.82) is 0 Å². The minimum atomic E-state index is -1.30. The summed E-state index contributed by atoms with van der Waals surface area (Å²) in [6, 6.07) is 0. The van der Waals surface area contributed by atoms with Gasteiger partial charge in [0.05, 0.1) is 0 Å². The van der Waals surface area contributed by atoms with Crippen LogP contribution in [0.2, 0.25) is 18.2 Å². The fourth-order valence-corrected chi connectivity index (χ4v) is 14.0. The van der Waals surface area contributed by atoms with Crippen molar-refractivity contribution in [2.75, 3.05) is 0 Å². The van der Waals surface area contributed by atoms with Crippen molar-refractivity contribution in [1.82, 2.24) is 0 Å². The number of rotatable bonds is 3. The number of hydrogen-bond acceptors (Lipinski definition) is 0. The summed E-state index contributed by atoms with van der Waals surface area (Å²) >= 11 is -1.30. The molecule has 0 saturated carbocycles. The molecule has 0 aromatic carbocycles. The van der Waals surface area contributed by atoms with Gasteiger partial charge in [0, 0.05) is 0 Å². The fraction of sp³-hybridized carbons (Fsp3) is 1.00. The first-order valence-electron chi connectivity index (χ1n) is 4.77. The summed E-state index contributed by atoms with van der Waals surface area (Å²) in [6.45, 7) is 2.32. The van der Waals surface area contributed by atoms with Crippen LogP contribution in [-0.2, 0) is 0 Å². The van der Waals surface area contributed by atoms with Crippen molar-refractivity contribution in [2.24, 2.45) is 0 Å². The van der Waals surface area contributed by atoms with Crippen LogP contribution in [0.5, 0.6) is 0 Å². The maximum absolute atomic E-state index is 2.68. The molecule has 1 heterocycles.